The molecule has 0 saturated carbocycles. The van der Waals surface area contributed by atoms with Gasteiger partial charge in [0.05, 0.1) is 0 Å². The van der Waals surface area contributed by atoms with Gasteiger partial charge in [-0.25, -0.2) is 0 Å². The summed E-state index contributed by atoms with van der Waals surface area (Å²) >= 11 is 7.53. The maximum absolute atomic E-state index is 14.0. The van der Waals surface area contributed by atoms with E-state index in [0.717, 1.165) is 30.1 Å². The highest BCUT2D eigenvalue weighted by molar-refractivity contribution is 7.10. The summed E-state index contributed by atoms with van der Waals surface area (Å²) < 4.78 is 5.91. The Labute approximate surface area is 222 Å². The van der Waals surface area contributed by atoms with Crippen molar-refractivity contribution in [1.29, 1.82) is 0 Å². The van der Waals surface area contributed by atoms with Gasteiger partial charge >= 0.3 is 0 Å². The van der Waals surface area contributed by atoms with Gasteiger partial charge in [-0.1, -0.05) is 31.2 Å². The summed E-state index contributed by atoms with van der Waals surface area (Å²) in [4.78, 5) is 33.9. The number of nitrogens with zero attached hydrogens (tertiary/aromatic N) is 3. The molecule has 0 spiro atoms. The second-order valence-corrected chi connectivity index (χ2v) is 10.1. The topological polar surface area (TPSA) is 53.1 Å². The molecule has 1 saturated heterocycles. The lowest BCUT2D eigenvalue weighted by atomic mass is 10.1. The lowest BCUT2D eigenvalue weighted by molar-refractivity contribution is -0.137. The van der Waals surface area contributed by atoms with Gasteiger partial charge in [-0.2, -0.15) is 0 Å². The molecule has 2 aromatic carbocycles. The predicted molar refractivity (Wildman–Crippen MR) is 146 cm³/mol. The van der Waals surface area contributed by atoms with Crippen LogP contribution in [-0.2, 0) is 9.59 Å². The van der Waals surface area contributed by atoms with Crippen molar-refractivity contribution in [2.45, 2.75) is 32.4 Å². The van der Waals surface area contributed by atoms with Crippen LogP contribution >= 0.6 is 22.9 Å². The smallest absolute Gasteiger partial charge is 0.251 e. The third-order valence-electron chi connectivity index (χ3n) is 6.37. The standard InChI is InChI=1S/C28H32ClN3O3S/c1-3-15-30-16-17-31(20-21(30)2)28(34)27(25-10-7-18-36-25)32(26(33)19-29)22-11-13-24(14-12-22)35-23-8-5-4-6-9-23/h4-14,18,21,27H,3,15-17,19-20H2,1-2H3/t21-,27?/m0/s1. The van der Waals surface area contributed by atoms with E-state index in [2.05, 4.69) is 18.7 Å². The average Bonchev–Trinajstić information content (AvgIpc) is 3.43. The van der Waals surface area contributed by atoms with E-state index in [9.17, 15) is 9.59 Å². The summed E-state index contributed by atoms with van der Waals surface area (Å²) in [7, 11) is 0. The van der Waals surface area contributed by atoms with Crippen LogP contribution in [0.25, 0.3) is 0 Å². The first-order chi connectivity index (χ1) is 17.5. The number of ether oxygens (including phenoxy) is 1. The van der Waals surface area contributed by atoms with Crippen molar-refractivity contribution < 1.29 is 14.3 Å². The Morgan fingerprint density at radius 1 is 1.06 bits per heavy atom. The molecule has 0 N–H and O–H groups in total. The van der Waals surface area contributed by atoms with Crippen molar-refractivity contribution in [1.82, 2.24) is 9.80 Å². The number of thiophene rings is 1. The summed E-state index contributed by atoms with van der Waals surface area (Å²) in [6.07, 6.45) is 1.08. The van der Waals surface area contributed by atoms with Gasteiger partial charge in [-0.15, -0.1) is 22.9 Å². The molecule has 0 radical (unpaired) electrons. The van der Waals surface area contributed by atoms with Gasteiger partial charge in [0.25, 0.3) is 5.91 Å². The zero-order valence-electron chi connectivity index (χ0n) is 20.7. The van der Waals surface area contributed by atoms with Crippen LogP contribution in [0.4, 0.5) is 5.69 Å². The number of rotatable bonds is 9. The van der Waals surface area contributed by atoms with E-state index in [1.54, 1.807) is 24.3 Å². The van der Waals surface area contributed by atoms with Gasteiger partial charge in [0.1, 0.15) is 23.4 Å². The minimum absolute atomic E-state index is 0.0801. The Hall–Kier alpha value is -2.87. The summed E-state index contributed by atoms with van der Waals surface area (Å²) in [6, 6.07) is 20.0. The van der Waals surface area contributed by atoms with E-state index in [-0.39, 0.29) is 23.7 Å². The fraction of sp³-hybridized carbons (Fsp3) is 0.357. The highest BCUT2D eigenvalue weighted by Crippen LogP contribution is 2.34. The van der Waals surface area contributed by atoms with Crippen molar-refractivity contribution in [2.24, 2.45) is 0 Å². The molecule has 1 aromatic heterocycles. The molecule has 1 unspecified atom stereocenters. The number of alkyl halides is 1. The Morgan fingerprint density at radius 2 is 1.78 bits per heavy atom. The number of carbonyl (C=O) groups excluding carboxylic acids is 2. The number of benzene rings is 2. The molecule has 0 bridgehead atoms. The second-order valence-electron chi connectivity index (χ2n) is 8.89. The molecule has 1 fully saturated rings. The minimum Gasteiger partial charge on any atom is -0.457 e. The van der Waals surface area contributed by atoms with Crippen molar-refractivity contribution in [2.75, 3.05) is 37.0 Å². The summed E-state index contributed by atoms with van der Waals surface area (Å²) in [6.45, 7) is 7.44. The van der Waals surface area contributed by atoms with Crippen LogP contribution in [0.2, 0.25) is 0 Å². The minimum atomic E-state index is -0.776. The second kappa shape index (κ2) is 12.4. The highest BCUT2D eigenvalue weighted by atomic mass is 35.5. The summed E-state index contributed by atoms with van der Waals surface area (Å²) in [5.41, 5.74) is 0.602. The van der Waals surface area contributed by atoms with Crippen molar-refractivity contribution in [3.05, 3.63) is 77.0 Å². The van der Waals surface area contributed by atoms with E-state index in [1.807, 2.05) is 52.7 Å². The molecule has 2 heterocycles. The van der Waals surface area contributed by atoms with E-state index < -0.39 is 6.04 Å². The van der Waals surface area contributed by atoms with Crippen LogP contribution < -0.4 is 9.64 Å². The van der Waals surface area contributed by atoms with Gasteiger partial charge in [-0.3, -0.25) is 19.4 Å². The molecule has 1 aliphatic rings. The van der Waals surface area contributed by atoms with Crippen LogP contribution in [0.3, 0.4) is 0 Å². The highest BCUT2D eigenvalue weighted by Gasteiger charge is 2.38. The van der Waals surface area contributed by atoms with Gasteiger partial charge in [0.15, 0.2) is 0 Å². The zero-order chi connectivity index (χ0) is 25.5. The average molecular weight is 526 g/mol. The lowest BCUT2D eigenvalue weighted by Gasteiger charge is -2.42. The number of hydrogen-bond donors (Lipinski definition) is 0. The van der Waals surface area contributed by atoms with Gasteiger partial charge in [0.2, 0.25) is 5.91 Å². The maximum Gasteiger partial charge on any atom is 0.251 e. The normalized spacial score (nSPS) is 17.0. The first kappa shape index (κ1) is 26.2. The molecule has 190 valence electrons. The molecule has 36 heavy (non-hydrogen) atoms. The number of para-hydroxylation sites is 1. The number of piperazine rings is 1. The molecular weight excluding hydrogens is 494 g/mol. The largest absolute Gasteiger partial charge is 0.457 e. The van der Waals surface area contributed by atoms with E-state index >= 15 is 0 Å². The van der Waals surface area contributed by atoms with Crippen molar-refractivity contribution in [3.8, 4) is 11.5 Å². The molecule has 8 heteroatoms. The number of halogens is 1. The predicted octanol–water partition coefficient (Wildman–Crippen LogP) is 5.80. The molecule has 2 atom stereocenters. The number of amides is 2. The van der Waals surface area contributed by atoms with Crippen molar-refractivity contribution in [3.63, 3.8) is 0 Å². The van der Waals surface area contributed by atoms with E-state index in [4.69, 9.17) is 16.3 Å². The maximum atomic E-state index is 14.0. The Bertz CT molecular complexity index is 1120. The van der Waals surface area contributed by atoms with E-state index in [0.29, 0.717) is 24.5 Å². The SMILES string of the molecule is CCCN1CCN(C(=O)C(c2cccs2)N(C(=O)CCl)c2ccc(Oc3ccccc3)cc2)C[C@@H]1C. The zero-order valence-corrected chi connectivity index (χ0v) is 22.3. The number of hydrogen-bond acceptors (Lipinski definition) is 5. The number of anilines is 1. The Morgan fingerprint density at radius 3 is 2.39 bits per heavy atom. The summed E-state index contributed by atoms with van der Waals surface area (Å²) in [5.74, 6) is 0.740. The first-order valence-electron chi connectivity index (χ1n) is 12.3. The molecule has 4 rings (SSSR count). The third kappa shape index (κ3) is 6.09. The Balaban J connectivity index is 1.62. The van der Waals surface area contributed by atoms with Crippen molar-refractivity contribution >= 4 is 40.4 Å². The van der Waals surface area contributed by atoms with Gasteiger partial charge in [0, 0.05) is 36.2 Å². The molecule has 2 amide bonds. The lowest BCUT2D eigenvalue weighted by Crippen LogP contribution is -2.56. The quantitative estimate of drug-likeness (QED) is 0.331. The molecule has 3 aromatic rings. The monoisotopic (exact) mass is 525 g/mol. The van der Waals surface area contributed by atoms with E-state index in [1.165, 1.54) is 16.2 Å². The van der Waals surface area contributed by atoms with Gasteiger partial charge < -0.3 is 9.64 Å². The number of carbonyl (C=O) groups is 2. The van der Waals surface area contributed by atoms with Gasteiger partial charge in [-0.05, 0) is 67.7 Å². The molecule has 1 aliphatic heterocycles. The molecular formula is C28H32ClN3O3S. The summed E-state index contributed by atoms with van der Waals surface area (Å²) in [5, 5.41) is 1.93. The fourth-order valence-electron chi connectivity index (χ4n) is 4.59. The van der Waals surface area contributed by atoms with Crippen LogP contribution in [0.5, 0.6) is 11.5 Å². The van der Waals surface area contributed by atoms with Crippen LogP contribution in [0.1, 0.15) is 31.2 Å². The fourth-order valence-corrected chi connectivity index (χ4v) is 5.53. The van der Waals surface area contributed by atoms with Crippen LogP contribution in [-0.4, -0.2) is 59.7 Å². The molecule has 0 aliphatic carbocycles. The van der Waals surface area contributed by atoms with Crippen LogP contribution in [0, 0.1) is 0 Å². The Kier molecular flexibility index (Phi) is 9.02. The van der Waals surface area contributed by atoms with Crippen LogP contribution in [0.15, 0.2) is 72.1 Å². The third-order valence-corrected chi connectivity index (χ3v) is 7.52. The molecule has 6 nitrogen and oxygen atoms in total. The first-order valence-corrected chi connectivity index (χ1v) is 13.7.